The highest BCUT2D eigenvalue weighted by atomic mass is 19.3. The van der Waals surface area contributed by atoms with Crippen molar-refractivity contribution in [2.24, 2.45) is 0 Å². The quantitative estimate of drug-likeness (QED) is 0.612. The minimum absolute atomic E-state index is 0.0178. The van der Waals surface area contributed by atoms with E-state index in [1.807, 2.05) is 20.8 Å². The fraction of sp³-hybridized carbons (Fsp3) is 0.944. The topological polar surface area (TPSA) is 60.8 Å². The number of hydrogen-bond donors (Lipinski definition) is 2. The molecular formula is C18H33F2NO3. The lowest BCUT2D eigenvalue weighted by Crippen LogP contribution is -2.74. The zero-order valence-electron chi connectivity index (χ0n) is 15.3. The van der Waals surface area contributed by atoms with E-state index in [1.165, 1.54) is 0 Å². The first-order valence-electron chi connectivity index (χ1n) is 9.33. The predicted molar refractivity (Wildman–Crippen MR) is 90.6 cm³/mol. The number of rotatable bonds is 9. The van der Waals surface area contributed by atoms with Gasteiger partial charge < -0.3 is 10.2 Å². The molecule has 1 heterocycles. The number of aliphatic hydroxyl groups is 1. The molecule has 1 fully saturated rings. The van der Waals surface area contributed by atoms with Crippen molar-refractivity contribution in [2.45, 2.75) is 102 Å². The van der Waals surface area contributed by atoms with Crippen molar-refractivity contribution in [1.82, 2.24) is 4.90 Å². The molecule has 0 aliphatic carbocycles. The van der Waals surface area contributed by atoms with Gasteiger partial charge in [-0.15, -0.1) is 0 Å². The van der Waals surface area contributed by atoms with Crippen molar-refractivity contribution in [3.05, 3.63) is 0 Å². The van der Waals surface area contributed by atoms with Gasteiger partial charge in [0.2, 0.25) is 0 Å². The highest BCUT2D eigenvalue weighted by molar-refractivity contribution is 5.67. The van der Waals surface area contributed by atoms with Crippen molar-refractivity contribution in [2.75, 3.05) is 6.54 Å². The molecule has 0 saturated carbocycles. The number of piperidine rings is 1. The van der Waals surface area contributed by atoms with Crippen molar-refractivity contribution in [1.29, 1.82) is 0 Å². The van der Waals surface area contributed by atoms with Gasteiger partial charge in [-0.1, -0.05) is 59.3 Å². The van der Waals surface area contributed by atoms with Crippen molar-refractivity contribution in [3.63, 3.8) is 0 Å². The molecule has 1 aliphatic heterocycles. The third-order valence-corrected chi connectivity index (χ3v) is 5.50. The van der Waals surface area contributed by atoms with E-state index in [1.54, 1.807) is 0 Å². The van der Waals surface area contributed by atoms with Crippen LogP contribution in [0.25, 0.3) is 0 Å². The first-order valence-corrected chi connectivity index (χ1v) is 9.33. The number of unbranched alkanes of at least 4 members (excludes halogenated alkanes) is 3. The first kappa shape index (κ1) is 21.1. The van der Waals surface area contributed by atoms with Crippen LogP contribution in [0.15, 0.2) is 0 Å². The highest BCUT2D eigenvalue weighted by Gasteiger charge is 2.70. The van der Waals surface area contributed by atoms with E-state index in [4.69, 9.17) is 0 Å². The van der Waals surface area contributed by atoms with Gasteiger partial charge in [-0.2, -0.15) is 0 Å². The summed E-state index contributed by atoms with van der Waals surface area (Å²) in [5.74, 6) is -3.45. The molecule has 142 valence electrons. The van der Waals surface area contributed by atoms with Crippen LogP contribution < -0.4 is 0 Å². The maximum atomic E-state index is 15.6. The van der Waals surface area contributed by atoms with E-state index < -0.39 is 23.2 Å². The lowest BCUT2D eigenvalue weighted by molar-refractivity contribution is -0.279. The number of carbonyl (C=O) groups is 1. The molecule has 0 spiro atoms. The number of amides is 1. The molecule has 1 amide bonds. The molecule has 1 atom stereocenters. The highest BCUT2D eigenvalue weighted by Crippen LogP contribution is 2.54. The molecule has 0 radical (unpaired) electrons. The van der Waals surface area contributed by atoms with Crippen LogP contribution in [0.2, 0.25) is 0 Å². The number of nitrogens with zero attached hydrogens (tertiary/aromatic N) is 1. The van der Waals surface area contributed by atoms with Gasteiger partial charge in [0, 0.05) is 6.54 Å². The van der Waals surface area contributed by atoms with Gasteiger partial charge in [0.15, 0.2) is 0 Å². The minimum Gasteiger partial charge on any atom is -0.465 e. The molecule has 1 aliphatic rings. The van der Waals surface area contributed by atoms with Crippen LogP contribution in [0.3, 0.4) is 0 Å². The zero-order valence-corrected chi connectivity index (χ0v) is 15.3. The molecule has 0 aromatic heterocycles. The van der Waals surface area contributed by atoms with Crippen LogP contribution in [-0.2, 0) is 0 Å². The van der Waals surface area contributed by atoms with Crippen LogP contribution in [0, 0.1) is 0 Å². The van der Waals surface area contributed by atoms with Gasteiger partial charge >= 0.3 is 6.09 Å². The van der Waals surface area contributed by atoms with Crippen LogP contribution in [0.5, 0.6) is 0 Å². The number of halogens is 2. The lowest BCUT2D eigenvalue weighted by atomic mass is 9.67. The molecule has 1 saturated heterocycles. The summed E-state index contributed by atoms with van der Waals surface area (Å²) in [5, 5.41) is 20.4. The Morgan fingerprint density at radius 1 is 1.00 bits per heavy atom. The zero-order chi connectivity index (χ0) is 18.4. The Morgan fingerprint density at radius 3 is 1.88 bits per heavy atom. The third kappa shape index (κ3) is 3.68. The summed E-state index contributed by atoms with van der Waals surface area (Å²) in [4.78, 5) is 12.6. The number of carboxylic acid groups (broad SMARTS) is 1. The molecule has 0 aromatic rings. The van der Waals surface area contributed by atoms with Gasteiger partial charge in [0.25, 0.3) is 5.92 Å². The first-order chi connectivity index (χ1) is 11.2. The smallest absolute Gasteiger partial charge is 0.407 e. The normalized spacial score (nSPS) is 25.7. The van der Waals surface area contributed by atoms with E-state index in [0.717, 1.165) is 11.3 Å². The molecule has 1 rings (SSSR count). The second-order valence-corrected chi connectivity index (χ2v) is 7.13. The average Bonchev–Trinajstić information content (AvgIpc) is 2.53. The number of hydrogen-bond acceptors (Lipinski definition) is 2. The van der Waals surface area contributed by atoms with Gasteiger partial charge in [0.05, 0.1) is 0 Å². The Morgan fingerprint density at radius 2 is 1.46 bits per heavy atom. The van der Waals surface area contributed by atoms with Gasteiger partial charge in [-0.3, -0.25) is 4.90 Å². The SMILES string of the molecule is CCCCC1(O)CCN(C(=O)O)C(CCCC)(CCCC)C1(F)F. The Labute approximate surface area is 144 Å². The van der Waals surface area contributed by atoms with Crippen molar-refractivity contribution < 1.29 is 23.8 Å². The monoisotopic (exact) mass is 349 g/mol. The van der Waals surface area contributed by atoms with E-state index in [2.05, 4.69) is 0 Å². The summed E-state index contributed by atoms with van der Waals surface area (Å²) in [6.45, 7) is 5.68. The van der Waals surface area contributed by atoms with Crippen LogP contribution in [0.1, 0.15) is 85.0 Å². The Balaban J connectivity index is 3.34. The average molecular weight is 349 g/mol. The summed E-state index contributed by atoms with van der Waals surface area (Å²) in [5.41, 5.74) is -3.91. The molecule has 4 nitrogen and oxygen atoms in total. The standard InChI is InChI=1S/C18H33F2NO3/c1-4-7-10-16(11-8-5-2)18(19,20)17(24,12-9-6-3)13-14-21(16)15(22)23/h24H,4-14H2,1-3H3,(H,22,23). The predicted octanol–water partition coefficient (Wildman–Crippen LogP) is 5.05. The summed E-state index contributed by atoms with van der Waals surface area (Å²) in [6, 6.07) is 0. The Bertz CT molecular complexity index is 409. The lowest BCUT2D eigenvalue weighted by Gasteiger charge is -2.57. The summed E-state index contributed by atoms with van der Waals surface area (Å²) in [6.07, 6.45) is 2.40. The molecule has 0 bridgehead atoms. The second-order valence-electron chi connectivity index (χ2n) is 7.13. The number of alkyl halides is 2. The fourth-order valence-electron chi connectivity index (χ4n) is 3.95. The largest absolute Gasteiger partial charge is 0.465 e. The maximum absolute atomic E-state index is 15.6. The van der Waals surface area contributed by atoms with Crippen LogP contribution >= 0.6 is 0 Å². The molecule has 2 N–H and O–H groups in total. The van der Waals surface area contributed by atoms with E-state index >= 15 is 8.78 Å². The Kier molecular flexibility index (Phi) is 7.44. The van der Waals surface area contributed by atoms with Gasteiger partial charge in [0.1, 0.15) is 11.1 Å². The van der Waals surface area contributed by atoms with Crippen molar-refractivity contribution in [3.8, 4) is 0 Å². The summed E-state index contributed by atoms with van der Waals surface area (Å²) < 4.78 is 31.2. The molecule has 1 unspecified atom stereocenters. The second kappa shape index (κ2) is 8.45. The molecule has 0 aromatic carbocycles. The molecule has 24 heavy (non-hydrogen) atoms. The molecule has 6 heteroatoms. The van der Waals surface area contributed by atoms with Gasteiger partial charge in [-0.05, 0) is 25.7 Å². The maximum Gasteiger partial charge on any atom is 0.407 e. The Hall–Kier alpha value is -0.910. The number of likely N-dealkylation sites (tertiary alicyclic amines) is 1. The van der Waals surface area contributed by atoms with E-state index in [0.29, 0.717) is 32.1 Å². The summed E-state index contributed by atoms with van der Waals surface area (Å²) in [7, 11) is 0. The van der Waals surface area contributed by atoms with Crippen molar-refractivity contribution >= 4 is 6.09 Å². The minimum atomic E-state index is -3.45. The fourth-order valence-corrected chi connectivity index (χ4v) is 3.95. The van der Waals surface area contributed by atoms with E-state index in [-0.39, 0.29) is 32.2 Å². The van der Waals surface area contributed by atoms with Crippen LogP contribution in [-0.4, -0.2) is 44.8 Å². The molecular weight excluding hydrogens is 316 g/mol. The summed E-state index contributed by atoms with van der Waals surface area (Å²) >= 11 is 0. The third-order valence-electron chi connectivity index (χ3n) is 5.50. The van der Waals surface area contributed by atoms with Gasteiger partial charge in [-0.25, -0.2) is 13.6 Å². The van der Waals surface area contributed by atoms with Crippen LogP contribution in [0.4, 0.5) is 13.6 Å². The van der Waals surface area contributed by atoms with E-state index in [9.17, 15) is 15.0 Å².